The van der Waals surface area contributed by atoms with Crippen molar-refractivity contribution in [3.05, 3.63) is 30.4 Å². The average molecular weight is 245 g/mol. The van der Waals surface area contributed by atoms with Crippen LogP contribution in [0.15, 0.2) is 24.8 Å². The highest BCUT2D eigenvalue weighted by atomic mass is 15.5. The maximum absolute atomic E-state index is 6.14. The van der Waals surface area contributed by atoms with Crippen LogP contribution < -0.4 is 10.6 Å². The van der Waals surface area contributed by atoms with E-state index in [-0.39, 0.29) is 12.1 Å². The number of nitrogens with two attached hydrogens (primary N) is 1. The fourth-order valence-corrected chi connectivity index (χ4v) is 2.20. The van der Waals surface area contributed by atoms with Gasteiger partial charge in [-0.3, -0.25) is 0 Å². The quantitative estimate of drug-likeness (QED) is 0.786. The Kier molecular flexibility index (Phi) is 2.67. The minimum atomic E-state index is 0.0107. The van der Waals surface area contributed by atoms with Gasteiger partial charge in [-0.15, -0.1) is 5.10 Å². The van der Waals surface area contributed by atoms with E-state index in [1.54, 1.807) is 10.9 Å². The van der Waals surface area contributed by atoms with Crippen molar-refractivity contribution in [3.8, 4) is 0 Å². The molecule has 1 aliphatic rings. The third-order valence-electron chi connectivity index (χ3n) is 3.16. The highest BCUT2D eigenvalue weighted by Gasteiger charge is 2.33. The zero-order valence-corrected chi connectivity index (χ0v) is 10.1. The first kappa shape index (κ1) is 11.1. The summed E-state index contributed by atoms with van der Waals surface area (Å²) in [6, 6.07) is 0.133. The summed E-state index contributed by atoms with van der Waals surface area (Å²) < 4.78 is 1.80. The standard InChI is InChI=1S/C11H15N7/c1-8-4-13-11(14-5-8)17-6-9(12)10(7-17)18-3-2-15-16-18/h2-5,9-10H,6-7,12H2,1H3/t9-,10+/m1/s1. The number of rotatable bonds is 2. The minimum Gasteiger partial charge on any atom is -0.337 e. The second-order valence-electron chi connectivity index (χ2n) is 4.58. The smallest absolute Gasteiger partial charge is 0.225 e. The summed E-state index contributed by atoms with van der Waals surface area (Å²) in [6.07, 6.45) is 7.13. The van der Waals surface area contributed by atoms with Gasteiger partial charge in [0.2, 0.25) is 5.95 Å². The predicted octanol–water partition coefficient (Wildman–Crippen LogP) is -0.235. The van der Waals surface area contributed by atoms with Gasteiger partial charge in [0.05, 0.1) is 12.2 Å². The van der Waals surface area contributed by atoms with Crippen molar-refractivity contribution in [2.75, 3.05) is 18.0 Å². The summed E-state index contributed by atoms with van der Waals surface area (Å²) in [5.74, 6) is 0.721. The summed E-state index contributed by atoms with van der Waals surface area (Å²) in [4.78, 5) is 10.7. The third-order valence-corrected chi connectivity index (χ3v) is 3.16. The molecule has 18 heavy (non-hydrogen) atoms. The second kappa shape index (κ2) is 4.34. The molecule has 3 heterocycles. The van der Waals surface area contributed by atoms with Crippen LogP contribution in [0.4, 0.5) is 5.95 Å². The van der Waals surface area contributed by atoms with Crippen molar-refractivity contribution in [1.82, 2.24) is 25.0 Å². The maximum atomic E-state index is 6.14. The van der Waals surface area contributed by atoms with Gasteiger partial charge < -0.3 is 10.6 Å². The van der Waals surface area contributed by atoms with Gasteiger partial charge in [0.1, 0.15) is 0 Å². The Hall–Kier alpha value is -2.02. The highest BCUT2D eigenvalue weighted by molar-refractivity contribution is 5.33. The molecule has 0 radical (unpaired) electrons. The van der Waals surface area contributed by atoms with E-state index >= 15 is 0 Å². The van der Waals surface area contributed by atoms with Crippen LogP contribution in [-0.4, -0.2) is 44.1 Å². The van der Waals surface area contributed by atoms with E-state index in [2.05, 4.69) is 25.2 Å². The Morgan fingerprint density at radius 2 is 2.06 bits per heavy atom. The summed E-state index contributed by atoms with van der Waals surface area (Å²) in [5.41, 5.74) is 7.19. The first-order valence-electron chi connectivity index (χ1n) is 5.89. The molecule has 7 heteroatoms. The second-order valence-corrected chi connectivity index (χ2v) is 4.58. The van der Waals surface area contributed by atoms with Crippen LogP contribution in [0.25, 0.3) is 0 Å². The lowest BCUT2D eigenvalue weighted by molar-refractivity contribution is 0.436. The van der Waals surface area contributed by atoms with Gasteiger partial charge in [-0.1, -0.05) is 5.21 Å². The van der Waals surface area contributed by atoms with Crippen LogP contribution >= 0.6 is 0 Å². The number of hydrogen-bond acceptors (Lipinski definition) is 6. The summed E-state index contributed by atoms with van der Waals surface area (Å²) in [7, 11) is 0. The molecule has 2 aromatic rings. The number of hydrogen-bond donors (Lipinski definition) is 1. The van der Waals surface area contributed by atoms with E-state index in [4.69, 9.17) is 5.73 Å². The molecule has 0 saturated carbocycles. The van der Waals surface area contributed by atoms with E-state index in [1.165, 1.54) is 0 Å². The van der Waals surface area contributed by atoms with Gasteiger partial charge >= 0.3 is 0 Å². The molecule has 94 valence electrons. The van der Waals surface area contributed by atoms with E-state index in [9.17, 15) is 0 Å². The van der Waals surface area contributed by atoms with E-state index in [0.717, 1.165) is 24.6 Å². The van der Waals surface area contributed by atoms with E-state index < -0.39 is 0 Å². The van der Waals surface area contributed by atoms with Crippen LogP contribution in [-0.2, 0) is 0 Å². The summed E-state index contributed by atoms with van der Waals surface area (Å²) >= 11 is 0. The molecular weight excluding hydrogens is 230 g/mol. The number of aromatic nitrogens is 5. The fraction of sp³-hybridized carbons (Fsp3) is 0.455. The van der Waals surface area contributed by atoms with Crippen LogP contribution in [0.2, 0.25) is 0 Å². The van der Waals surface area contributed by atoms with Gasteiger partial charge in [0.25, 0.3) is 0 Å². The zero-order valence-electron chi connectivity index (χ0n) is 10.1. The Labute approximate surface area is 105 Å². The van der Waals surface area contributed by atoms with E-state index in [0.29, 0.717) is 0 Å². The lowest BCUT2D eigenvalue weighted by Crippen LogP contribution is -2.31. The Morgan fingerprint density at radius 1 is 1.28 bits per heavy atom. The molecule has 3 rings (SSSR count). The fourth-order valence-electron chi connectivity index (χ4n) is 2.20. The van der Waals surface area contributed by atoms with Crippen molar-refractivity contribution < 1.29 is 0 Å². The SMILES string of the molecule is Cc1cnc(N2C[C@@H](N)[C@@H](n3ccnn3)C2)nc1. The van der Waals surface area contributed by atoms with Gasteiger partial charge in [0, 0.05) is 37.7 Å². The largest absolute Gasteiger partial charge is 0.337 e. The first-order chi connectivity index (χ1) is 8.74. The molecule has 7 nitrogen and oxygen atoms in total. The number of aryl methyl sites for hydroxylation is 1. The van der Waals surface area contributed by atoms with Crippen LogP contribution in [0.3, 0.4) is 0 Å². The molecule has 0 unspecified atom stereocenters. The Balaban J connectivity index is 1.79. The zero-order chi connectivity index (χ0) is 12.5. The molecule has 1 fully saturated rings. The number of nitrogens with zero attached hydrogens (tertiary/aromatic N) is 6. The molecule has 2 aromatic heterocycles. The van der Waals surface area contributed by atoms with Gasteiger partial charge in [0.15, 0.2) is 0 Å². The van der Waals surface area contributed by atoms with Gasteiger partial charge in [-0.25, -0.2) is 14.6 Å². The molecule has 0 amide bonds. The highest BCUT2D eigenvalue weighted by Crippen LogP contribution is 2.22. The maximum Gasteiger partial charge on any atom is 0.225 e. The van der Waals surface area contributed by atoms with Gasteiger partial charge in [-0.05, 0) is 12.5 Å². The first-order valence-corrected chi connectivity index (χ1v) is 5.89. The topological polar surface area (TPSA) is 85.8 Å². The lowest BCUT2D eigenvalue weighted by atomic mass is 10.2. The van der Waals surface area contributed by atoms with Crippen LogP contribution in [0.5, 0.6) is 0 Å². The van der Waals surface area contributed by atoms with E-state index in [1.807, 2.05) is 25.5 Å². The van der Waals surface area contributed by atoms with Gasteiger partial charge in [-0.2, -0.15) is 0 Å². The average Bonchev–Trinajstić information content (AvgIpc) is 2.99. The summed E-state index contributed by atoms with van der Waals surface area (Å²) in [6.45, 7) is 3.46. The normalized spacial score (nSPS) is 23.6. The molecule has 1 saturated heterocycles. The molecule has 0 spiro atoms. The predicted molar refractivity (Wildman–Crippen MR) is 66.0 cm³/mol. The number of anilines is 1. The Bertz CT molecular complexity index is 507. The Morgan fingerprint density at radius 3 is 2.72 bits per heavy atom. The van der Waals surface area contributed by atoms with Crippen molar-refractivity contribution >= 4 is 5.95 Å². The molecule has 0 aliphatic carbocycles. The van der Waals surface area contributed by atoms with Crippen molar-refractivity contribution in [3.63, 3.8) is 0 Å². The van der Waals surface area contributed by atoms with Crippen molar-refractivity contribution in [2.24, 2.45) is 5.73 Å². The molecule has 0 aromatic carbocycles. The lowest BCUT2D eigenvalue weighted by Gasteiger charge is -2.15. The molecular formula is C11H15N7. The summed E-state index contributed by atoms with van der Waals surface area (Å²) in [5, 5.41) is 7.83. The van der Waals surface area contributed by atoms with Crippen LogP contribution in [0, 0.1) is 6.92 Å². The monoisotopic (exact) mass is 245 g/mol. The van der Waals surface area contributed by atoms with Crippen molar-refractivity contribution in [1.29, 1.82) is 0 Å². The van der Waals surface area contributed by atoms with Crippen LogP contribution in [0.1, 0.15) is 11.6 Å². The molecule has 1 aliphatic heterocycles. The molecule has 2 atom stereocenters. The third kappa shape index (κ3) is 1.92. The molecule has 2 N–H and O–H groups in total. The molecule has 0 bridgehead atoms. The van der Waals surface area contributed by atoms with Crippen molar-refractivity contribution in [2.45, 2.75) is 19.0 Å². The minimum absolute atomic E-state index is 0.0107.